The van der Waals surface area contributed by atoms with Crippen LogP contribution in [0, 0.1) is 6.92 Å². The smallest absolute Gasteiger partial charge is 0.310 e. The number of nitrogens with zero attached hydrogens (tertiary/aromatic N) is 2. The van der Waals surface area contributed by atoms with Crippen molar-refractivity contribution in [1.29, 1.82) is 0 Å². The van der Waals surface area contributed by atoms with E-state index in [0.717, 1.165) is 27.5 Å². The van der Waals surface area contributed by atoms with E-state index in [2.05, 4.69) is 10.2 Å². The predicted molar refractivity (Wildman–Crippen MR) is 102 cm³/mol. The summed E-state index contributed by atoms with van der Waals surface area (Å²) >= 11 is 0. The summed E-state index contributed by atoms with van der Waals surface area (Å²) in [6.07, 6.45) is 0.195. The molecule has 0 amide bonds. The fourth-order valence-corrected chi connectivity index (χ4v) is 3.00. The zero-order chi connectivity index (χ0) is 18.6. The van der Waals surface area contributed by atoms with Gasteiger partial charge < -0.3 is 9.15 Å². The summed E-state index contributed by atoms with van der Waals surface area (Å²) < 4.78 is 10.9. The fraction of sp³-hybridized carbons (Fsp3) is 0.136. The number of carbonyl (C=O) groups excluding carboxylic acids is 1. The highest BCUT2D eigenvalue weighted by atomic mass is 16.5. The topological polar surface area (TPSA) is 65.2 Å². The van der Waals surface area contributed by atoms with E-state index in [4.69, 9.17) is 9.15 Å². The Hall–Kier alpha value is -3.47. The maximum atomic E-state index is 12.2. The molecule has 3 aromatic carbocycles. The number of carbonyl (C=O) groups is 1. The molecule has 0 unspecified atom stereocenters. The molecule has 0 N–H and O–H groups in total. The van der Waals surface area contributed by atoms with Crippen molar-refractivity contribution in [2.75, 3.05) is 0 Å². The lowest BCUT2D eigenvalue weighted by Gasteiger charge is -2.06. The van der Waals surface area contributed by atoms with Gasteiger partial charge in [0.1, 0.15) is 0 Å². The Morgan fingerprint density at radius 2 is 1.81 bits per heavy atom. The lowest BCUT2D eigenvalue weighted by Crippen LogP contribution is -2.08. The van der Waals surface area contributed by atoms with Gasteiger partial charge in [0.15, 0.2) is 6.61 Å². The first kappa shape index (κ1) is 17.0. The maximum Gasteiger partial charge on any atom is 0.310 e. The van der Waals surface area contributed by atoms with Crippen molar-refractivity contribution in [3.05, 3.63) is 83.7 Å². The summed E-state index contributed by atoms with van der Waals surface area (Å²) in [5.41, 5.74) is 2.88. The van der Waals surface area contributed by atoms with E-state index in [0.29, 0.717) is 5.89 Å². The highest BCUT2D eigenvalue weighted by Gasteiger charge is 2.12. The summed E-state index contributed by atoms with van der Waals surface area (Å²) in [7, 11) is 0. The van der Waals surface area contributed by atoms with Gasteiger partial charge in [-0.05, 0) is 35.4 Å². The van der Waals surface area contributed by atoms with Crippen molar-refractivity contribution in [3.8, 4) is 11.5 Å². The molecule has 0 aliphatic carbocycles. The van der Waals surface area contributed by atoms with Crippen LogP contribution in [0.4, 0.5) is 0 Å². The van der Waals surface area contributed by atoms with E-state index < -0.39 is 0 Å². The van der Waals surface area contributed by atoms with Crippen LogP contribution in [0.3, 0.4) is 0 Å². The minimum absolute atomic E-state index is 0.0393. The van der Waals surface area contributed by atoms with E-state index in [9.17, 15) is 4.79 Å². The lowest BCUT2D eigenvalue weighted by molar-refractivity contribution is -0.144. The molecule has 0 fully saturated rings. The second kappa shape index (κ2) is 7.41. The molecule has 0 saturated heterocycles. The molecule has 4 rings (SSSR count). The van der Waals surface area contributed by atoms with Crippen LogP contribution in [-0.4, -0.2) is 16.2 Å². The standard InChI is InChI=1S/C22H18N2O3/c1-15-6-4-10-18(12-15)22-24-23-20(27-22)14-26-21(25)13-17-9-5-8-16-7-2-3-11-19(16)17/h2-12H,13-14H2,1H3. The summed E-state index contributed by atoms with van der Waals surface area (Å²) in [6, 6.07) is 21.7. The Labute approximate surface area is 156 Å². The van der Waals surface area contributed by atoms with Gasteiger partial charge in [-0.25, -0.2) is 0 Å². The van der Waals surface area contributed by atoms with Gasteiger partial charge >= 0.3 is 5.97 Å². The van der Waals surface area contributed by atoms with E-state index in [1.54, 1.807) is 0 Å². The molecule has 1 aromatic heterocycles. The van der Waals surface area contributed by atoms with Crippen LogP contribution >= 0.6 is 0 Å². The number of hydrogen-bond acceptors (Lipinski definition) is 5. The number of hydrogen-bond donors (Lipinski definition) is 0. The highest BCUT2D eigenvalue weighted by Crippen LogP contribution is 2.21. The quantitative estimate of drug-likeness (QED) is 0.492. The molecule has 0 bridgehead atoms. The van der Waals surface area contributed by atoms with E-state index in [-0.39, 0.29) is 24.9 Å². The summed E-state index contributed by atoms with van der Waals surface area (Å²) in [5.74, 6) is 0.359. The number of aryl methyl sites for hydroxylation is 1. The minimum Gasteiger partial charge on any atom is -0.455 e. The molecule has 0 atom stereocenters. The fourth-order valence-electron chi connectivity index (χ4n) is 3.00. The van der Waals surface area contributed by atoms with Gasteiger partial charge in [-0.1, -0.05) is 60.2 Å². The molecule has 1 heterocycles. The molecule has 134 valence electrons. The first-order valence-electron chi connectivity index (χ1n) is 8.71. The van der Waals surface area contributed by atoms with Gasteiger partial charge in [-0.3, -0.25) is 4.79 Å². The molecule has 5 nitrogen and oxygen atoms in total. The SMILES string of the molecule is Cc1cccc(-c2nnc(COC(=O)Cc3cccc4ccccc34)o2)c1. The molecule has 0 radical (unpaired) electrons. The number of esters is 1. The minimum atomic E-state index is -0.332. The largest absolute Gasteiger partial charge is 0.455 e. The molecule has 0 saturated carbocycles. The van der Waals surface area contributed by atoms with Crippen LogP contribution in [0.2, 0.25) is 0 Å². The van der Waals surface area contributed by atoms with Crippen molar-refractivity contribution in [2.24, 2.45) is 0 Å². The van der Waals surface area contributed by atoms with Gasteiger partial charge in [0.2, 0.25) is 5.89 Å². The third-order valence-corrected chi connectivity index (χ3v) is 4.30. The number of fused-ring (bicyclic) bond motifs is 1. The molecular formula is C22H18N2O3. The van der Waals surface area contributed by atoms with Crippen molar-refractivity contribution in [3.63, 3.8) is 0 Å². The number of ether oxygens (including phenoxy) is 1. The highest BCUT2D eigenvalue weighted by molar-refractivity contribution is 5.88. The van der Waals surface area contributed by atoms with Crippen molar-refractivity contribution < 1.29 is 13.9 Å². The van der Waals surface area contributed by atoms with Crippen LogP contribution in [-0.2, 0) is 22.6 Å². The summed E-state index contributed by atoms with van der Waals surface area (Å²) in [5, 5.41) is 10.1. The Kier molecular flexibility index (Phi) is 4.66. The molecule has 0 aliphatic heterocycles. The number of benzene rings is 3. The van der Waals surface area contributed by atoms with Crippen LogP contribution in [0.1, 0.15) is 17.0 Å². The van der Waals surface area contributed by atoms with Crippen molar-refractivity contribution >= 4 is 16.7 Å². The van der Waals surface area contributed by atoms with E-state index in [1.165, 1.54) is 0 Å². The van der Waals surface area contributed by atoms with Crippen LogP contribution < -0.4 is 0 Å². The molecule has 27 heavy (non-hydrogen) atoms. The zero-order valence-electron chi connectivity index (χ0n) is 14.9. The summed E-state index contributed by atoms with van der Waals surface area (Å²) in [6.45, 7) is 1.96. The van der Waals surface area contributed by atoms with E-state index in [1.807, 2.05) is 73.7 Å². The zero-order valence-corrected chi connectivity index (χ0v) is 14.9. The van der Waals surface area contributed by atoms with Gasteiger partial charge in [-0.15, -0.1) is 10.2 Å². The van der Waals surface area contributed by atoms with Crippen LogP contribution in [0.5, 0.6) is 0 Å². The Morgan fingerprint density at radius 1 is 1.00 bits per heavy atom. The lowest BCUT2D eigenvalue weighted by atomic mass is 10.0. The molecular weight excluding hydrogens is 340 g/mol. The first-order chi connectivity index (χ1) is 13.2. The van der Waals surface area contributed by atoms with Gasteiger partial charge in [0.25, 0.3) is 5.89 Å². The summed E-state index contributed by atoms with van der Waals surface area (Å²) in [4.78, 5) is 12.2. The Morgan fingerprint density at radius 3 is 2.70 bits per heavy atom. The maximum absolute atomic E-state index is 12.2. The molecule has 5 heteroatoms. The van der Waals surface area contributed by atoms with Gasteiger partial charge in [0, 0.05) is 5.56 Å². The predicted octanol–water partition coefficient (Wildman–Crippen LogP) is 4.48. The van der Waals surface area contributed by atoms with Crippen LogP contribution in [0.15, 0.2) is 71.1 Å². The second-order valence-corrected chi connectivity index (χ2v) is 6.35. The van der Waals surface area contributed by atoms with Gasteiger partial charge in [-0.2, -0.15) is 0 Å². The first-order valence-corrected chi connectivity index (χ1v) is 8.71. The molecule has 4 aromatic rings. The van der Waals surface area contributed by atoms with E-state index >= 15 is 0 Å². The molecule has 0 spiro atoms. The average molecular weight is 358 g/mol. The normalized spacial score (nSPS) is 10.9. The van der Waals surface area contributed by atoms with Gasteiger partial charge in [0.05, 0.1) is 6.42 Å². The number of rotatable bonds is 5. The third-order valence-electron chi connectivity index (χ3n) is 4.30. The number of aromatic nitrogens is 2. The van der Waals surface area contributed by atoms with Crippen molar-refractivity contribution in [1.82, 2.24) is 10.2 Å². The second-order valence-electron chi connectivity index (χ2n) is 6.35. The third kappa shape index (κ3) is 3.87. The van der Waals surface area contributed by atoms with Crippen LogP contribution in [0.25, 0.3) is 22.2 Å². The Balaban J connectivity index is 1.41. The van der Waals surface area contributed by atoms with Crippen molar-refractivity contribution in [2.45, 2.75) is 20.0 Å². The molecule has 0 aliphatic rings. The monoisotopic (exact) mass is 358 g/mol. The average Bonchev–Trinajstić information content (AvgIpc) is 3.16. The Bertz CT molecular complexity index is 1100.